The third kappa shape index (κ3) is 0.619. The molecule has 0 radical (unpaired) electrons. The predicted octanol–water partition coefficient (Wildman–Crippen LogP) is 1.77. The van der Waals surface area contributed by atoms with Gasteiger partial charge in [0.15, 0.2) is 0 Å². The number of rotatable bonds is 1. The Labute approximate surface area is 63.0 Å². The number of hydrogen-bond donors (Lipinski definition) is 1. The predicted molar refractivity (Wildman–Crippen MR) is 42.6 cm³/mol. The molecule has 0 aromatic rings. The van der Waals surface area contributed by atoms with E-state index in [9.17, 15) is 0 Å². The van der Waals surface area contributed by atoms with Crippen molar-refractivity contribution in [3.05, 3.63) is 0 Å². The molecule has 0 saturated heterocycles. The average molecular weight is 139 g/mol. The Morgan fingerprint density at radius 2 is 2.20 bits per heavy atom. The van der Waals surface area contributed by atoms with Crippen molar-refractivity contribution in [2.24, 2.45) is 23.0 Å². The summed E-state index contributed by atoms with van der Waals surface area (Å²) in [5.74, 6) is 1.76. The molecule has 2 rings (SSSR count). The molecular weight excluding hydrogens is 122 g/mol. The Bertz CT molecular complexity index is 153. The Hall–Kier alpha value is -0.0400. The first-order valence-corrected chi connectivity index (χ1v) is 4.42. The molecule has 0 unspecified atom stereocenters. The van der Waals surface area contributed by atoms with E-state index in [1.54, 1.807) is 0 Å². The highest BCUT2D eigenvalue weighted by Gasteiger charge is 2.61. The van der Waals surface area contributed by atoms with Crippen LogP contribution in [-0.2, 0) is 0 Å². The molecule has 0 spiro atoms. The van der Waals surface area contributed by atoms with Crippen molar-refractivity contribution < 1.29 is 0 Å². The Morgan fingerprint density at radius 1 is 1.50 bits per heavy atom. The molecule has 10 heavy (non-hydrogen) atoms. The minimum absolute atomic E-state index is 0.544. The lowest BCUT2D eigenvalue weighted by Crippen LogP contribution is -2.19. The fourth-order valence-electron chi connectivity index (χ4n) is 2.80. The fourth-order valence-corrected chi connectivity index (χ4v) is 2.80. The van der Waals surface area contributed by atoms with Gasteiger partial charge >= 0.3 is 0 Å². The Morgan fingerprint density at radius 3 is 2.40 bits per heavy atom. The zero-order valence-corrected chi connectivity index (χ0v) is 6.93. The van der Waals surface area contributed by atoms with E-state index >= 15 is 0 Å². The van der Waals surface area contributed by atoms with Crippen LogP contribution in [0.25, 0.3) is 0 Å². The molecule has 58 valence electrons. The lowest BCUT2D eigenvalue weighted by Gasteiger charge is -2.15. The lowest BCUT2D eigenvalue weighted by molar-refractivity contribution is 0.343. The maximum absolute atomic E-state index is 5.94. The van der Waals surface area contributed by atoms with Crippen LogP contribution in [0.2, 0.25) is 0 Å². The van der Waals surface area contributed by atoms with E-state index in [1.807, 2.05) is 0 Å². The van der Waals surface area contributed by atoms with Gasteiger partial charge in [-0.2, -0.15) is 0 Å². The zero-order chi connectivity index (χ0) is 7.35. The molecule has 2 saturated carbocycles. The topological polar surface area (TPSA) is 26.0 Å². The van der Waals surface area contributed by atoms with E-state index in [1.165, 1.54) is 19.3 Å². The van der Waals surface area contributed by atoms with Gasteiger partial charge < -0.3 is 5.73 Å². The van der Waals surface area contributed by atoms with Crippen LogP contribution in [0.4, 0.5) is 0 Å². The molecule has 1 heteroatoms. The second-order valence-corrected chi connectivity index (χ2v) is 4.40. The number of fused-ring (bicyclic) bond motifs is 1. The number of nitrogens with two attached hydrogens (primary N) is 1. The van der Waals surface area contributed by atoms with Gasteiger partial charge in [0.1, 0.15) is 0 Å². The van der Waals surface area contributed by atoms with Crippen LogP contribution in [0.3, 0.4) is 0 Å². The van der Waals surface area contributed by atoms with Gasteiger partial charge in [0.2, 0.25) is 0 Å². The summed E-state index contributed by atoms with van der Waals surface area (Å²) in [5, 5.41) is 0. The molecule has 0 heterocycles. The van der Waals surface area contributed by atoms with E-state index < -0.39 is 0 Å². The third-order valence-corrected chi connectivity index (χ3v) is 3.79. The molecule has 2 N–H and O–H groups in total. The average Bonchev–Trinajstić information content (AvgIpc) is 2.52. The Kier molecular flexibility index (Phi) is 1.17. The molecule has 2 aliphatic carbocycles. The van der Waals surface area contributed by atoms with E-state index in [2.05, 4.69) is 13.8 Å². The summed E-state index contributed by atoms with van der Waals surface area (Å²) in [6.45, 7) is 4.69. The molecule has 0 amide bonds. The summed E-state index contributed by atoms with van der Waals surface area (Å²) in [7, 11) is 0. The molecule has 0 aromatic heterocycles. The van der Waals surface area contributed by atoms with Crippen molar-refractivity contribution in [2.45, 2.75) is 39.2 Å². The highest BCUT2D eigenvalue weighted by Crippen LogP contribution is 2.66. The standard InChI is InChI=1S/C9H17N/c1-6(2)9-4-3-8(10)7(9)5-9/h6-8H,3-5,10H2,1-2H3/t7-,8-,9-/m0/s1. The maximum atomic E-state index is 5.94. The minimum atomic E-state index is 0.544. The van der Waals surface area contributed by atoms with Crippen LogP contribution >= 0.6 is 0 Å². The monoisotopic (exact) mass is 139 g/mol. The maximum Gasteiger partial charge on any atom is 0.00729 e. The summed E-state index contributed by atoms with van der Waals surface area (Å²) in [6, 6.07) is 0.544. The molecule has 2 aliphatic rings. The fraction of sp³-hybridized carbons (Fsp3) is 1.00. The van der Waals surface area contributed by atoms with Crippen LogP contribution in [0.15, 0.2) is 0 Å². The van der Waals surface area contributed by atoms with Crippen molar-refractivity contribution in [1.29, 1.82) is 0 Å². The lowest BCUT2D eigenvalue weighted by atomic mass is 9.90. The van der Waals surface area contributed by atoms with E-state index in [4.69, 9.17) is 5.73 Å². The van der Waals surface area contributed by atoms with Crippen LogP contribution in [0, 0.1) is 17.3 Å². The van der Waals surface area contributed by atoms with Crippen molar-refractivity contribution in [3.63, 3.8) is 0 Å². The molecule has 3 atom stereocenters. The largest absolute Gasteiger partial charge is 0.327 e. The SMILES string of the molecule is CC(C)[C@@]12CC[C@H](N)[C@@H]1C2. The van der Waals surface area contributed by atoms with E-state index in [-0.39, 0.29) is 0 Å². The van der Waals surface area contributed by atoms with Gasteiger partial charge in [-0.15, -0.1) is 0 Å². The first-order chi connectivity index (χ1) is 4.67. The van der Waals surface area contributed by atoms with Crippen molar-refractivity contribution in [1.82, 2.24) is 0 Å². The minimum Gasteiger partial charge on any atom is -0.327 e. The molecule has 0 aromatic carbocycles. The van der Waals surface area contributed by atoms with Gasteiger partial charge in [0, 0.05) is 6.04 Å². The second-order valence-electron chi connectivity index (χ2n) is 4.40. The summed E-state index contributed by atoms with van der Waals surface area (Å²) in [4.78, 5) is 0. The summed E-state index contributed by atoms with van der Waals surface area (Å²) >= 11 is 0. The molecule has 2 fully saturated rings. The third-order valence-electron chi connectivity index (χ3n) is 3.79. The molecule has 0 bridgehead atoms. The van der Waals surface area contributed by atoms with Gasteiger partial charge in [-0.1, -0.05) is 13.8 Å². The molecule has 1 nitrogen and oxygen atoms in total. The molecular formula is C9H17N. The number of hydrogen-bond acceptors (Lipinski definition) is 1. The zero-order valence-electron chi connectivity index (χ0n) is 6.93. The quantitative estimate of drug-likeness (QED) is 0.588. The summed E-state index contributed by atoms with van der Waals surface area (Å²) in [6.07, 6.45) is 4.10. The van der Waals surface area contributed by atoms with Crippen molar-refractivity contribution in [2.75, 3.05) is 0 Å². The van der Waals surface area contributed by atoms with E-state index in [0.29, 0.717) is 11.5 Å². The van der Waals surface area contributed by atoms with Crippen molar-refractivity contribution >= 4 is 0 Å². The second kappa shape index (κ2) is 1.76. The van der Waals surface area contributed by atoms with Crippen molar-refractivity contribution in [3.8, 4) is 0 Å². The van der Waals surface area contributed by atoms with Gasteiger partial charge in [-0.05, 0) is 36.5 Å². The van der Waals surface area contributed by atoms with Gasteiger partial charge in [0.25, 0.3) is 0 Å². The Balaban J connectivity index is 2.11. The van der Waals surface area contributed by atoms with Crippen LogP contribution < -0.4 is 5.73 Å². The van der Waals surface area contributed by atoms with Crippen LogP contribution in [0.5, 0.6) is 0 Å². The van der Waals surface area contributed by atoms with Gasteiger partial charge in [0.05, 0.1) is 0 Å². The normalized spacial score (nSPS) is 51.6. The van der Waals surface area contributed by atoms with Gasteiger partial charge in [-0.25, -0.2) is 0 Å². The van der Waals surface area contributed by atoms with Crippen LogP contribution in [0.1, 0.15) is 33.1 Å². The summed E-state index contributed by atoms with van der Waals surface area (Å²) in [5.41, 5.74) is 6.65. The highest BCUT2D eigenvalue weighted by molar-refractivity contribution is 5.13. The first-order valence-electron chi connectivity index (χ1n) is 4.42. The van der Waals surface area contributed by atoms with Gasteiger partial charge in [-0.3, -0.25) is 0 Å². The first kappa shape index (κ1) is 6.66. The summed E-state index contributed by atoms with van der Waals surface area (Å²) < 4.78 is 0. The van der Waals surface area contributed by atoms with E-state index in [0.717, 1.165) is 11.8 Å². The molecule has 0 aliphatic heterocycles. The highest BCUT2D eigenvalue weighted by atomic mass is 14.8. The van der Waals surface area contributed by atoms with Crippen LogP contribution in [-0.4, -0.2) is 6.04 Å². The smallest absolute Gasteiger partial charge is 0.00729 e.